The topological polar surface area (TPSA) is 166 Å². The van der Waals surface area contributed by atoms with E-state index >= 15 is 0 Å². The van der Waals surface area contributed by atoms with E-state index in [0.717, 1.165) is 69.8 Å². The predicted molar refractivity (Wildman–Crippen MR) is 199 cm³/mol. The average Bonchev–Trinajstić information content (AvgIpc) is 4.01. The van der Waals surface area contributed by atoms with Gasteiger partial charge in [-0.1, -0.05) is 18.2 Å². The summed E-state index contributed by atoms with van der Waals surface area (Å²) in [5.74, 6) is 1.25. The van der Waals surface area contributed by atoms with Gasteiger partial charge < -0.3 is 41.0 Å². The van der Waals surface area contributed by atoms with Crippen LogP contribution in [0.15, 0.2) is 98.2 Å². The van der Waals surface area contributed by atoms with E-state index < -0.39 is 17.2 Å². The van der Waals surface area contributed by atoms with E-state index in [1.165, 1.54) is 52.4 Å². The van der Waals surface area contributed by atoms with E-state index in [2.05, 4.69) is 37.0 Å². The van der Waals surface area contributed by atoms with Crippen LogP contribution in [0.5, 0.6) is 23.0 Å². The second-order valence-electron chi connectivity index (χ2n) is 13.5. The molecule has 7 aromatic rings. The van der Waals surface area contributed by atoms with E-state index in [1.807, 2.05) is 24.3 Å². The van der Waals surface area contributed by atoms with Crippen LogP contribution in [-0.4, -0.2) is 60.6 Å². The zero-order chi connectivity index (χ0) is 39.7. The number of nitro groups is 1. The summed E-state index contributed by atoms with van der Waals surface area (Å²) in [6.07, 6.45) is 8.86. The number of nitrogens with zero attached hydrogens (tertiary/aromatic N) is 8. The van der Waals surface area contributed by atoms with Gasteiger partial charge in [-0.25, -0.2) is 28.1 Å². The Labute approximate surface area is 340 Å². The molecule has 0 saturated carbocycles. The molecule has 2 aliphatic heterocycles. The largest absolute Gasteiger partial charge is 1.00 e. The minimum Gasteiger partial charge on any atom is -1.00 e. The van der Waals surface area contributed by atoms with Crippen molar-refractivity contribution >= 4 is 16.5 Å². The van der Waals surface area contributed by atoms with Crippen molar-refractivity contribution in [2.24, 2.45) is 0 Å². The number of fused-ring (bicyclic) bond motifs is 5. The molecule has 0 spiro atoms. The molecule has 5 heterocycles. The van der Waals surface area contributed by atoms with Crippen LogP contribution in [0.2, 0.25) is 0 Å². The monoisotopic (exact) mass is 856 g/mol. The smallest absolute Gasteiger partial charge is 0.269 e. The molecule has 15 nitrogen and oxygen atoms in total. The fourth-order valence-corrected chi connectivity index (χ4v) is 7.42. The van der Waals surface area contributed by atoms with Gasteiger partial charge in [-0.3, -0.25) is 10.1 Å². The highest BCUT2D eigenvalue weighted by atomic mass is 79.9. The molecule has 0 unspecified atom stereocenters. The van der Waals surface area contributed by atoms with Gasteiger partial charge in [0, 0.05) is 47.6 Å². The van der Waals surface area contributed by atoms with Gasteiger partial charge in [0.25, 0.3) is 5.69 Å². The summed E-state index contributed by atoms with van der Waals surface area (Å²) in [6.45, 7) is 0.846. The summed E-state index contributed by atoms with van der Waals surface area (Å²) in [5, 5.41) is 32.1. The van der Waals surface area contributed by atoms with Gasteiger partial charge in [0.1, 0.15) is 42.5 Å². The molecule has 0 fully saturated rings. The first-order chi connectivity index (χ1) is 27.6. The van der Waals surface area contributed by atoms with Crippen LogP contribution in [0.4, 0.5) is 14.5 Å². The number of benzene rings is 4. The number of hydrogen-bond acceptors (Lipinski definition) is 11. The second kappa shape index (κ2) is 16.5. The Hall–Kier alpha value is -6.53. The van der Waals surface area contributed by atoms with Crippen molar-refractivity contribution in [2.45, 2.75) is 38.1 Å². The normalized spacial score (nSPS) is 12.5. The maximum atomic E-state index is 14.1. The van der Waals surface area contributed by atoms with Crippen LogP contribution < -0.4 is 40.5 Å². The summed E-state index contributed by atoms with van der Waals surface area (Å²) >= 11 is 0. The molecule has 3 aromatic heterocycles. The van der Waals surface area contributed by atoms with Crippen LogP contribution in [0.1, 0.15) is 22.3 Å². The first kappa shape index (κ1) is 39.7. The van der Waals surface area contributed by atoms with Crippen LogP contribution in [0, 0.1) is 21.7 Å². The van der Waals surface area contributed by atoms with Gasteiger partial charge in [0.2, 0.25) is 12.5 Å². The third-order valence-electron chi connectivity index (χ3n) is 9.96. The van der Waals surface area contributed by atoms with E-state index in [-0.39, 0.29) is 53.0 Å². The Morgan fingerprint density at radius 2 is 1.66 bits per heavy atom. The van der Waals surface area contributed by atoms with Gasteiger partial charge in [-0.15, -0.1) is 0 Å². The van der Waals surface area contributed by atoms with Gasteiger partial charge >= 0.3 is 0 Å². The number of methoxy groups -OCH3 is 2. The molecule has 298 valence electrons. The third-order valence-corrected chi connectivity index (χ3v) is 9.96. The quantitative estimate of drug-likeness (QED) is 0.122. The maximum Gasteiger partial charge on any atom is 0.269 e. The number of rotatable bonds is 10. The minimum absolute atomic E-state index is 0. The fourth-order valence-electron chi connectivity index (χ4n) is 7.42. The number of aliphatic hydroxyl groups is 1. The van der Waals surface area contributed by atoms with Crippen molar-refractivity contribution in [3.05, 3.63) is 142 Å². The highest BCUT2D eigenvalue weighted by Crippen LogP contribution is 2.44. The summed E-state index contributed by atoms with van der Waals surface area (Å²) in [5.41, 5.74) is 3.58. The summed E-state index contributed by atoms with van der Waals surface area (Å²) < 4.78 is 54.8. The van der Waals surface area contributed by atoms with Gasteiger partial charge in [0.15, 0.2) is 35.7 Å². The lowest BCUT2D eigenvalue weighted by Gasteiger charge is -2.28. The Kier molecular flexibility index (Phi) is 11.3. The molecule has 9 rings (SSSR count). The Balaban J connectivity index is 0.000000192. The number of halogens is 3. The number of pyridine rings is 1. The molecule has 0 saturated heterocycles. The highest BCUT2D eigenvalue weighted by Gasteiger charge is 2.35. The third kappa shape index (κ3) is 7.75. The van der Waals surface area contributed by atoms with Crippen LogP contribution in [0.3, 0.4) is 0 Å². The lowest BCUT2D eigenvalue weighted by Crippen LogP contribution is -3.00. The molecule has 0 radical (unpaired) electrons. The van der Waals surface area contributed by atoms with Crippen molar-refractivity contribution in [3.8, 4) is 34.3 Å². The molecule has 1 N–H and O–H groups in total. The molecule has 0 bridgehead atoms. The Bertz CT molecular complexity index is 2580. The van der Waals surface area contributed by atoms with Crippen LogP contribution in [-0.2, 0) is 38.1 Å². The fraction of sp³-hybridized carbons (Fsp3) is 0.225. The lowest BCUT2D eigenvalue weighted by atomic mass is 9.88. The summed E-state index contributed by atoms with van der Waals surface area (Å²) in [6, 6.07) is 17.9. The van der Waals surface area contributed by atoms with E-state index in [0.29, 0.717) is 17.9 Å². The van der Waals surface area contributed by atoms with Crippen molar-refractivity contribution in [3.63, 3.8) is 0 Å². The van der Waals surface area contributed by atoms with E-state index in [1.54, 1.807) is 26.4 Å². The molecule has 58 heavy (non-hydrogen) atoms. The van der Waals surface area contributed by atoms with Crippen molar-refractivity contribution in [2.75, 3.05) is 21.0 Å². The molecular formula is C40H35BrF2N8O7. The van der Waals surface area contributed by atoms with Crippen LogP contribution >= 0.6 is 0 Å². The highest BCUT2D eigenvalue weighted by molar-refractivity contribution is 5.95. The predicted octanol–water partition coefficient (Wildman–Crippen LogP) is 2.34. The molecule has 0 aliphatic carbocycles. The van der Waals surface area contributed by atoms with Gasteiger partial charge in [-0.2, -0.15) is 14.8 Å². The standard InChI is InChI=1S/C27H23N2O6.C13H12F2N6O.BrH/c1-32-23-7-6-19-21(11-16-4-3-5-18(10-16)29(30)31)26-20-13-25-24(34-15-35-25)12-17(20)8-9-28(26)14-22(19)27(23)33-2;14-10-1-2-11(12(15)3-10)13(22,4-20-8-16-6-18-20)5-21-9-17-7-19-21;/h3-7,10,12-14H,8-9,11,15H2,1-2H3;1-3,6-9,22H,4-5H2;1H/q+1;;/p-1. The zero-order valence-electron chi connectivity index (χ0n) is 31.1. The number of nitro benzene ring substituents is 1. The van der Waals surface area contributed by atoms with E-state index in [9.17, 15) is 24.0 Å². The van der Waals surface area contributed by atoms with Crippen LogP contribution in [0.25, 0.3) is 22.0 Å². The lowest BCUT2D eigenvalue weighted by molar-refractivity contribution is -0.686. The molecule has 0 atom stereocenters. The first-order valence-electron chi connectivity index (χ1n) is 17.7. The van der Waals surface area contributed by atoms with Crippen molar-refractivity contribution < 1.29 is 59.3 Å². The minimum atomic E-state index is -1.70. The van der Waals surface area contributed by atoms with Gasteiger partial charge in [0.05, 0.1) is 43.2 Å². The SMILES string of the molecule is COc1ccc2c(Cc3cccc([N+](=O)[O-])c3)c3[n+](cc2c1OC)CCc1cc2c(cc1-3)OCO2.OC(Cn1cncn1)(Cn1cncn1)c1ccc(F)cc1F.[Br-]. The molecule has 0 amide bonds. The Morgan fingerprint density at radius 3 is 2.29 bits per heavy atom. The number of ether oxygens (including phenoxy) is 4. The van der Waals surface area contributed by atoms with Crippen molar-refractivity contribution in [1.29, 1.82) is 0 Å². The van der Waals surface area contributed by atoms with E-state index in [4.69, 9.17) is 18.9 Å². The maximum absolute atomic E-state index is 14.1. The van der Waals surface area contributed by atoms with Gasteiger partial charge in [-0.05, 0) is 41.5 Å². The summed E-state index contributed by atoms with van der Waals surface area (Å²) in [7, 11) is 3.26. The molecule has 2 aliphatic rings. The average molecular weight is 858 g/mol. The number of non-ortho nitro benzene ring substituents is 1. The molecular weight excluding hydrogens is 822 g/mol. The molecule has 4 aromatic carbocycles. The number of aryl methyl sites for hydroxylation is 2. The van der Waals surface area contributed by atoms with Crippen molar-refractivity contribution in [1.82, 2.24) is 29.5 Å². The number of aromatic nitrogens is 7. The Morgan fingerprint density at radius 1 is 0.931 bits per heavy atom. The second-order valence-corrected chi connectivity index (χ2v) is 13.5. The first-order valence-corrected chi connectivity index (χ1v) is 17.7. The molecule has 18 heteroatoms. The summed E-state index contributed by atoms with van der Waals surface area (Å²) in [4.78, 5) is 18.6. The zero-order valence-corrected chi connectivity index (χ0v) is 32.7. The number of hydrogen-bond donors (Lipinski definition) is 1.